The molecular weight excluding hydrogens is 236 g/mol. The van der Waals surface area contributed by atoms with Crippen molar-refractivity contribution in [3.8, 4) is 0 Å². The van der Waals surface area contributed by atoms with Gasteiger partial charge in [0.05, 0.1) is 11.2 Å². The summed E-state index contributed by atoms with van der Waals surface area (Å²) in [6, 6.07) is 12.3. The molecule has 0 atom stereocenters. The van der Waals surface area contributed by atoms with E-state index in [2.05, 4.69) is 42.3 Å². The highest BCUT2D eigenvalue weighted by molar-refractivity contribution is 5.78. The Hall–Kier alpha value is -1.45. The highest BCUT2D eigenvalue weighted by atomic mass is 16.3. The van der Waals surface area contributed by atoms with Crippen molar-refractivity contribution in [2.75, 3.05) is 13.2 Å². The first-order valence-corrected chi connectivity index (χ1v) is 6.77. The molecular formula is C16H22N2O. The van der Waals surface area contributed by atoms with Gasteiger partial charge in [-0.15, -0.1) is 0 Å². The van der Waals surface area contributed by atoms with Crippen molar-refractivity contribution < 1.29 is 5.11 Å². The number of hydrogen-bond acceptors (Lipinski definition) is 3. The third-order valence-corrected chi connectivity index (χ3v) is 3.35. The Labute approximate surface area is 114 Å². The summed E-state index contributed by atoms with van der Waals surface area (Å²) in [5, 5.41) is 13.6. The van der Waals surface area contributed by atoms with Crippen molar-refractivity contribution in [1.82, 2.24) is 10.3 Å². The average molecular weight is 258 g/mol. The molecule has 0 aliphatic rings. The Morgan fingerprint density at radius 3 is 2.74 bits per heavy atom. The molecule has 0 aliphatic carbocycles. The number of aliphatic hydroxyl groups excluding tert-OH is 1. The van der Waals surface area contributed by atoms with Gasteiger partial charge in [0.25, 0.3) is 0 Å². The summed E-state index contributed by atoms with van der Waals surface area (Å²) in [5.74, 6) is 0. The van der Waals surface area contributed by atoms with Crippen LogP contribution in [0.4, 0.5) is 0 Å². The Balaban J connectivity index is 1.95. The van der Waals surface area contributed by atoms with Crippen LogP contribution in [0.5, 0.6) is 0 Å². The summed E-state index contributed by atoms with van der Waals surface area (Å²) in [5.41, 5.74) is 2.21. The maximum absolute atomic E-state index is 9.00. The molecule has 0 radical (unpaired) electrons. The van der Waals surface area contributed by atoms with Crippen LogP contribution in [0.15, 0.2) is 36.4 Å². The van der Waals surface area contributed by atoms with Crippen molar-refractivity contribution in [3.63, 3.8) is 0 Å². The normalized spacial score (nSPS) is 11.9. The first-order valence-electron chi connectivity index (χ1n) is 6.77. The molecule has 3 nitrogen and oxygen atoms in total. The highest BCUT2D eigenvalue weighted by Crippen LogP contribution is 2.18. The number of benzene rings is 1. The molecule has 0 saturated carbocycles. The summed E-state index contributed by atoms with van der Waals surface area (Å²) < 4.78 is 0. The van der Waals surface area contributed by atoms with Crippen molar-refractivity contribution in [2.24, 2.45) is 5.41 Å². The van der Waals surface area contributed by atoms with E-state index in [0.717, 1.165) is 30.7 Å². The first kappa shape index (κ1) is 14.0. The summed E-state index contributed by atoms with van der Waals surface area (Å²) in [6.45, 7) is 6.19. The minimum Gasteiger partial charge on any atom is -0.396 e. The molecule has 0 saturated heterocycles. The lowest BCUT2D eigenvalue weighted by Crippen LogP contribution is -2.30. The van der Waals surface area contributed by atoms with E-state index >= 15 is 0 Å². The Bertz CT molecular complexity index is 537. The number of aliphatic hydroxyl groups is 1. The van der Waals surface area contributed by atoms with Crippen molar-refractivity contribution in [2.45, 2.75) is 26.8 Å². The maximum atomic E-state index is 9.00. The smallest absolute Gasteiger partial charge is 0.0705 e. The van der Waals surface area contributed by atoms with Crippen LogP contribution < -0.4 is 5.32 Å². The fraction of sp³-hybridized carbons (Fsp3) is 0.438. The van der Waals surface area contributed by atoms with Crippen LogP contribution in [-0.4, -0.2) is 23.2 Å². The number of fused-ring (bicyclic) bond motifs is 1. The van der Waals surface area contributed by atoms with Crippen molar-refractivity contribution >= 4 is 10.9 Å². The van der Waals surface area contributed by atoms with E-state index in [1.54, 1.807) is 0 Å². The molecule has 102 valence electrons. The van der Waals surface area contributed by atoms with E-state index in [1.165, 1.54) is 5.39 Å². The molecule has 0 spiro atoms. The predicted octanol–water partition coefficient (Wildman–Crippen LogP) is 2.73. The molecule has 19 heavy (non-hydrogen) atoms. The maximum Gasteiger partial charge on any atom is 0.0705 e. The van der Waals surface area contributed by atoms with Crippen LogP contribution in [0.2, 0.25) is 0 Å². The number of nitrogens with zero attached hydrogens (tertiary/aromatic N) is 1. The van der Waals surface area contributed by atoms with Crippen LogP contribution >= 0.6 is 0 Å². The van der Waals surface area contributed by atoms with Gasteiger partial charge < -0.3 is 10.4 Å². The molecule has 0 unspecified atom stereocenters. The van der Waals surface area contributed by atoms with Crippen molar-refractivity contribution in [3.05, 3.63) is 42.1 Å². The SMILES string of the molecule is CC(C)(CCO)CNCc1ccc2ccccc2n1. The van der Waals surface area contributed by atoms with Crippen LogP contribution in [0.25, 0.3) is 10.9 Å². The van der Waals surface area contributed by atoms with E-state index in [9.17, 15) is 0 Å². The zero-order valence-electron chi connectivity index (χ0n) is 11.7. The van der Waals surface area contributed by atoms with Gasteiger partial charge in [0.2, 0.25) is 0 Å². The molecule has 1 aromatic carbocycles. The summed E-state index contributed by atoms with van der Waals surface area (Å²) in [4.78, 5) is 4.63. The van der Waals surface area contributed by atoms with Gasteiger partial charge in [0.15, 0.2) is 0 Å². The lowest BCUT2D eigenvalue weighted by atomic mass is 9.90. The second-order valence-corrected chi connectivity index (χ2v) is 5.74. The lowest BCUT2D eigenvalue weighted by Gasteiger charge is -2.23. The number of pyridine rings is 1. The van der Waals surface area contributed by atoms with E-state index in [-0.39, 0.29) is 12.0 Å². The summed E-state index contributed by atoms with van der Waals surface area (Å²) >= 11 is 0. The predicted molar refractivity (Wildman–Crippen MR) is 78.9 cm³/mol. The number of para-hydroxylation sites is 1. The van der Waals surface area contributed by atoms with Gasteiger partial charge in [-0.2, -0.15) is 0 Å². The zero-order valence-corrected chi connectivity index (χ0v) is 11.7. The molecule has 1 aromatic heterocycles. The largest absolute Gasteiger partial charge is 0.396 e. The van der Waals surface area contributed by atoms with Gasteiger partial charge in [-0.1, -0.05) is 38.1 Å². The van der Waals surface area contributed by atoms with E-state index in [0.29, 0.717) is 0 Å². The van der Waals surface area contributed by atoms with Crippen LogP contribution in [0.3, 0.4) is 0 Å². The van der Waals surface area contributed by atoms with E-state index < -0.39 is 0 Å². The Morgan fingerprint density at radius 2 is 1.95 bits per heavy atom. The summed E-state index contributed by atoms with van der Waals surface area (Å²) in [7, 11) is 0. The lowest BCUT2D eigenvalue weighted by molar-refractivity contribution is 0.207. The molecule has 2 rings (SSSR count). The average Bonchev–Trinajstić information content (AvgIpc) is 2.38. The minimum absolute atomic E-state index is 0.117. The first-order chi connectivity index (χ1) is 9.11. The molecule has 0 bridgehead atoms. The fourth-order valence-corrected chi connectivity index (χ4v) is 2.13. The topological polar surface area (TPSA) is 45.1 Å². The second kappa shape index (κ2) is 6.13. The number of nitrogens with one attached hydrogen (secondary N) is 1. The highest BCUT2D eigenvalue weighted by Gasteiger charge is 2.16. The third-order valence-electron chi connectivity index (χ3n) is 3.35. The van der Waals surface area contributed by atoms with Gasteiger partial charge in [-0.3, -0.25) is 4.98 Å². The monoisotopic (exact) mass is 258 g/mol. The standard InChI is InChI=1S/C16H22N2O/c1-16(2,9-10-19)12-17-11-14-8-7-13-5-3-4-6-15(13)18-14/h3-8,17,19H,9-12H2,1-2H3. The molecule has 0 aliphatic heterocycles. The van der Waals surface area contributed by atoms with Crippen LogP contribution in [0.1, 0.15) is 26.0 Å². The molecule has 2 aromatic rings. The van der Waals surface area contributed by atoms with Gasteiger partial charge in [0, 0.05) is 25.1 Å². The molecule has 3 heteroatoms. The molecule has 2 N–H and O–H groups in total. The zero-order chi connectivity index (χ0) is 13.7. The second-order valence-electron chi connectivity index (χ2n) is 5.74. The van der Waals surface area contributed by atoms with Gasteiger partial charge in [0.1, 0.15) is 0 Å². The molecule has 0 amide bonds. The Kier molecular flexibility index (Phi) is 4.51. The molecule has 1 heterocycles. The summed E-state index contributed by atoms with van der Waals surface area (Å²) in [6.07, 6.45) is 0.811. The molecule has 0 fully saturated rings. The van der Waals surface area contributed by atoms with Gasteiger partial charge >= 0.3 is 0 Å². The Morgan fingerprint density at radius 1 is 1.16 bits per heavy atom. The minimum atomic E-state index is 0.117. The van der Waals surface area contributed by atoms with Gasteiger partial charge in [-0.25, -0.2) is 0 Å². The third kappa shape index (κ3) is 4.01. The quantitative estimate of drug-likeness (QED) is 0.837. The van der Waals surface area contributed by atoms with Gasteiger partial charge in [-0.05, 0) is 24.0 Å². The fourth-order valence-electron chi connectivity index (χ4n) is 2.13. The van der Waals surface area contributed by atoms with E-state index in [4.69, 9.17) is 5.11 Å². The van der Waals surface area contributed by atoms with Crippen molar-refractivity contribution in [1.29, 1.82) is 0 Å². The van der Waals surface area contributed by atoms with E-state index in [1.807, 2.05) is 18.2 Å². The van der Waals surface area contributed by atoms with Crippen LogP contribution in [-0.2, 0) is 6.54 Å². The number of hydrogen-bond donors (Lipinski definition) is 2. The van der Waals surface area contributed by atoms with Crippen LogP contribution in [0, 0.1) is 5.41 Å². The number of aromatic nitrogens is 1. The number of rotatable bonds is 6.